The Labute approximate surface area is 134 Å². The molecule has 0 bridgehead atoms. The van der Waals surface area contributed by atoms with Crippen LogP contribution in [-0.2, 0) is 33.9 Å². The van der Waals surface area contributed by atoms with Crippen molar-refractivity contribution in [2.75, 3.05) is 19.8 Å². The highest BCUT2D eigenvalue weighted by Gasteiger charge is 2.21. The topological polar surface area (TPSA) is 79.2 Å². The number of rotatable bonds is 5. The van der Waals surface area contributed by atoms with Crippen LogP contribution in [0.3, 0.4) is 0 Å². The summed E-state index contributed by atoms with van der Waals surface area (Å²) >= 11 is 0. The van der Waals surface area contributed by atoms with Gasteiger partial charge in [0.15, 0.2) is 6.29 Å². The van der Waals surface area contributed by atoms with E-state index in [1.165, 1.54) is 0 Å². The fraction of sp³-hybridized carbons (Fsp3) is 0.471. The minimum absolute atomic E-state index is 0.00126. The van der Waals surface area contributed by atoms with Crippen LogP contribution in [0.15, 0.2) is 18.3 Å². The largest absolute Gasteiger partial charge is 0.392 e. The monoisotopic (exact) mass is 319 g/mol. The van der Waals surface area contributed by atoms with E-state index in [1.54, 1.807) is 17.2 Å². The van der Waals surface area contributed by atoms with E-state index >= 15 is 0 Å². The molecule has 0 saturated carbocycles. The number of aliphatic hydroxyl groups excluding tert-OH is 2. The van der Waals surface area contributed by atoms with Crippen molar-refractivity contribution in [2.24, 2.45) is 0 Å². The highest BCUT2D eigenvalue weighted by molar-refractivity contribution is 5.83. The van der Waals surface area contributed by atoms with Crippen LogP contribution in [0, 0.1) is 0 Å². The molecule has 3 rings (SSSR count). The predicted molar refractivity (Wildman–Crippen MR) is 83.0 cm³/mol. The molecule has 0 aliphatic carbocycles. The molecule has 0 radical (unpaired) electrons. The van der Waals surface area contributed by atoms with Crippen LogP contribution in [-0.4, -0.2) is 47.1 Å². The first-order valence-corrected chi connectivity index (χ1v) is 7.78. The molecule has 1 amide bonds. The molecule has 6 nitrogen and oxygen atoms in total. The molecule has 6 heteroatoms. The van der Waals surface area contributed by atoms with Gasteiger partial charge >= 0.3 is 0 Å². The SMILES string of the molecule is O=C1Cc2cc(CO)c(CO)cc2C=CN1CCC1OCCO1. The van der Waals surface area contributed by atoms with Crippen molar-refractivity contribution >= 4 is 12.0 Å². The molecule has 2 heterocycles. The Morgan fingerprint density at radius 1 is 1.13 bits per heavy atom. The van der Waals surface area contributed by atoms with Crippen molar-refractivity contribution in [3.8, 4) is 0 Å². The van der Waals surface area contributed by atoms with Crippen molar-refractivity contribution in [3.63, 3.8) is 0 Å². The maximum Gasteiger partial charge on any atom is 0.230 e. The van der Waals surface area contributed by atoms with E-state index in [4.69, 9.17) is 9.47 Å². The van der Waals surface area contributed by atoms with Crippen LogP contribution in [0.1, 0.15) is 28.7 Å². The smallest absolute Gasteiger partial charge is 0.230 e. The van der Waals surface area contributed by atoms with Crippen LogP contribution < -0.4 is 0 Å². The van der Waals surface area contributed by atoms with Crippen LogP contribution in [0.25, 0.3) is 6.08 Å². The van der Waals surface area contributed by atoms with Crippen LogP contribution in [0.2, 0.25) is 0 Å². The quantitative estimate of drug-likeness (QED) is 0.839. The van der Waals surface area contributed by atoms with Gasteiger partial charge in [0.2, 0.25) is 5.91 Å². The molecule has 0 atom stereocenters. The molecule has 1 aromatic carbocycles. The van der Waals surface area contributed by atoms with Gasteiger partial charge in [-0.15, -0.1) is 0 Å². The molecule has 2 N–H and O–H groups in total. The molecule has 2 aliphatic rings. The van der Waals surface area contributed by atoms with Crippen molar-refractivity contribution < 1.29 is 24.5 Å². The summed E-state index contributed by atoms with van der Waals surface area (Å²) < 4.78 is 10.8. The second kappa shape index (κ2) is 7.23. The number of hydrogen-bond donors (Lipinski definition) is 2. The highest BCUT2D eigenvalue weighted by Crippen LogP contribution is 2.23. The Bertz CT molecular complexity index is 607. The molecule has 1 aromatic rings. The summed E-state index contributed by atoms with van der Waals surface area (Å²) in [6.45, 7) is 1.46. The minimum atomic E-state index is -0.233. The summed E-state index contributed by atoms with van der Waals surface area (Å²) in [4.78, 5) is 14.1. The molecular formula is C17H21NO5. The molecule has 23 heavy (non-hydrogen) atoms. The number of benzene rings is 1. The first-order valence-electron chi connectivity index (χ1n) is 7.78. The van der Waals surface area contributed by atoms with Gasteiger partial charge in [0.05, 0.1) is 32.8 Å². The van der Waals surface area contributed by atoms with E-state index < -0.39 is 0 Å². The number of fused-ring (bicyclic) bond motifs is 1. The number of ether oxygens (including phenoxy) is 2. The molecular weight excluding hydrogens is 298 g/mol. The number of amides is 1. The maximum atomic E-state index is 12.4. The Kier molecular flexibility index (Phi) is 5.07. The van der Waals surface area contributed by atoms with Gasteiger partial charge in [0.1, 0.15) is 0 Å². The lowest BCUT2D eigenvalue weighted by Gasteiger charge is -2.18. The van der Waals surface area contributed by atoms with Gasteiger partial charge < -0.3 is 24.6 Å². The van der Waals surface area contributed by atoms with E-state index in [-0.39, 0.29) is 31.8 Å². The second-order valence-corrected chi connectivity index (χ2v) is 5.68. The molecule has 124 valence electrons. The summed E-state index contributed by atoms with van der Waals surface area (Å²) in [5.41, 5.74) is 3.11. The minimum Gasteiger partial charge on any atom is -0.392 e. The lowest BCUT2D eigenvalue weighted by Crippen LogP contribution is -2.29. The van der Waals surface area contributed by atoms with Crippen LogP contribution >= 0.6 is 0 Å². The highest BCUT2D eigenvalue weighted by atomic mass is 16.7. The first kappa shape index (κ1) is 16.1. The van der Waals surface area contributed by atoms with E-state index in [2.05, 4.69) is 0 Å². The third-order valence-corrected chi connectivity index (χ3v) is 4.19. The van der Waals surface area contributed by atoms with Gasteiger partial charge in [-0.2, -0.15) is 0 Å². The van der Waals surface area contributed by atoms with Crippen molar-refractivity contribution in [1.82, 2.24) is 4.90 Å². The first-order chi connectivity index (χ1) is 11.2. The second-order valence-electron chi connectivity index (χ2n) is 5.68. The van der Waals surface area contributed by atoms with Crippen molar-refractivity contribution in [2.45, 2.75) is 32.3 Å². The van der Waals surface area contributed by atoms with E-state index in [1.807, 2.05) is 12.1 Å². The van der Waals surface area contributed by atoms with Gasteiger partial charge in [0, 0.05) is 19.2 Å². The number of nitrogens with zero attached hydrogens (tertiary/aromatic N) is 1. The summed E-state index contributed by atoms with van der Waals surface area (Å²) in [6.07, 6.45) is 4.31. The van der Waals surface area contributed by atoms with Crippen molar-refractivity contribution in [1.29, 1.82) is 0 Å². The molecule has 1 fully saturated rings. The van der Waals surface area contributed by atoms with Gasteiger partial charge in [-0.25, -0.2) is 0 Å². The summed E-state index contributed by atoms with van der Waals surface area (Å²) in [7, 11) is 0. The number of aliphatic hydroxyl groups is 2. The van der Waals surface area contributed by atoms with Gasteiger partial charge in [-0.05, 0) is 34.4 Å². The zero-order valence-corrected chi connectivity index (χ0v) is 12.9. The molecule has 1 saturated heterocycles. The Hall–Kier alpha value is -1.73. The lowest BCUT2D eigenvalue weighted by atomic mass is 9.97. The van der Waals surface area contributed by atoms with E-state index in [0.717, 1.165) is 11.1 Å². The lowest BCUT2D eigenvalue weighted by molar-refractivity contribution is -0.128. The Morgan fingerprint density at radius 2 is 1.83 bits per heavy atom. The number of carbonyl (C=O) groups excluding carboxylic acids is 1. The third-order valence-electron chi connectivity index (χ3n) is 4.19. The Morgan fingerprint density at radius 3 is 2.52 bits per heavy atom. The Balaban J connectivity index is 1.74. The normalized spacial score (nSPS) is 18.3. The predicted octanol–water partition coefficient (Wildman–Crippen LogP) is 0.790. The van der Waals surface area contributed by atoms with Crippen molar-refractivity contribution in [3.05, 3.63) is 40.6 Å². The zero-order chi connectivity index (χ0) is 16.2. The van der Waals surface area contributed by atoms with E-state index in [0.29, 0.717) is 37.3 Å². The average molecular weight is 319 g/mol. The molecule has 0 aromatic heterocycles. The third kappa shape index (κ3) is 3.61. The fourth-order valence-electron chi connectivity index (χ4n) is 2.90. The average Bonchev–Trinajstić information content (AvgIpc) is 3.03. The zero-order valence-electron chi connectivity index (χ0n) is 12.9. The van der Waals surface area contributed by atoms with Gasteiger partial charge in [0.25, 0.3) is 0 Å². The molecule has 0 spiro atoms. The number of hydrogen-bond acceptors (Lipinski definition) is 5. The molecule has 0 unspecified atom stereocenters. The van der Waals surface area contributed by atoms with Gasteiger partial charge in [-0.3, -0.25) is 4.79 Å². The van der Waals surface area contributed by atoms with Crippen LogP contribution in [0.4, 0.5) is 0 Å². The number of carbonyl (C=O) groups is 1. The van der Waals surface area contributed by atoms with E-state index in [9.17, 15) is 15.0 Å². The molecule has 2 aliphatic heterocycles. The van der Waals surface area contributed by atoms with Gasteiger partial charge in [-0.1, -0.05) is 6.07 Å². The summed E-state index contributed by atoms with van der Waals surface area (Å²) in [6, 6.07) is 3.63. The van der Waals surface area contributed by atoms with Crippen LogP contribution in [0.5, 0.6) is 0 Å². The fourth-order valence-corrected chi connectivity index (χ4v) is 2.90. The maximum absolute atomic E-state index is 12.4. The summed E-state index contributed by atoms with van der Waals surface area (Å²) in [5.74, 6) is -0.00126. The standard InChI is InChI=1S/C17H21NO5/c19-10-14-7-12-1-3-18(4-2-17-22-5-6-23-17)16(21)9-13(12)8-15(14)11-20/h1,3,7-8,17,19-20H,2,4-6,9-11H2. The summed E-state index contributed by atoms with van der Waals surface area (Å²) in [5, 5.41) is 18.8.